The molecule has 0 spiro atoms. The molecule has 2 rings (SSSR count). The summed E-state index contributed by atoms with van der Waals surface area (Å²) in [4.78, 5) is 7.96. The van der Waals surface area contributed by atoms with Crippen molar-refractivity contribution in [2.45, 2.75) is 6.92 Å². The minimum absolute atomic E-state index is 0.0261. The number of benzene rings is 1. The van der Waals surface area contributed by atoms with Gasteiger partial charge in [-0.05, 0) is 24.6 Å². The van der Waals surface area contributed by atoms with Gasteiger partial charge in [0.05, 0.1) is 19.1 Å². The van der Waals surface area contributed by atoms with Gasteiger partial charge in [-0.15, -0.1) is 0 Å². The van der Waals surface area contributed by atoms with Crippen LogP contribution in [0.15, 0.2) is 12.1 Å². The quantitative estimate of drug-likeness (QED) is 0.892. The monoisotopic (exact) mass is 252 g/mol. The fourth-order valence-electron chi connectivity index (χ4n) is 1.62. The van der Waals surface area contributed by atoms with E-state index >= 15 is 0 Å². The number of methoxy groups -OCH3 is 1. The third-order valence-electron chi connectivity index (χ3n) is 2.36. The van der Waals surface area contributed by atoms with Crippen LogP contribution in [-0.4, -0.2) is 35.4 Å². The van der Waals surface area contributed by atoms with Crippen molar-refractivity contribution in [2.75, 3.05) is 20.3 Å². The normalized spacial score (nSPS) is 10.7. The zero-order chi connectivity index (χ0) is 13.1. The van der Waals surface area contributed by atoms with Crippen LogP contribution in [0, 0.1) is 12.7 Å². The SMILES string of the molecule is COc1nc(OCCO)c2cc(C)cc(F)c2n1. The van der Waals surface area contributed by atoms with Crippen LogP contribution in [0.3, 0.4) is 0 Å². The van der Waals surface area contributed by atoms with Gasteiger partial charge in [-0.3, -0.25) is 0 Å². The first-order valence-corrected chi connectivity index (χ1v) is 5.41. The fourth-order valence-corrected chi connectivity index (χ4v) is 1.62. The Kier molecular flexibility index (Phi) is 3.57. The van der Waals surface area contributed by atoms with Crippen molar-refractivity contribution in [1.82, 2.24) is 9.97 Å². The molecule has 0 amide bonds. The number of nitrogens with zero attached hydrogens (tertiary/aromatic N) is 2. The number of halogens is 1. The van der Waals surface area contributed by atoms with Crippen molar-refractivity contribution in [1.29, 1.82) is 0 Å². The van der Waals surface area contributed by atoms with Gasteiger partial charge in [-0.2, -0.15) is 9.97 Å². The molecule has 96 valence electrons. The average Bonchev–Trinajstić information content (AvgIpc) is 2.36. The standard InChI is InChI=1S/C12H13FN2O3/c1-7-5-8-10(9(13)6-7)14-12(17-2)15-11(8)18-4-3-16/h5-6,16H,3-4H2,1-2H3. The summed E-state index contributed by atoms with van der Waals surface area (Å²) in [6, 6.07) is 3.13. The van der Waals surface area contributed by atoms with Crippen LogP contribution in [0.2, 0.25) is 0 Å². The highest BCUT2D eigenvalue weighted by Crippen LogP contribution is 2.27. The van der Waals surface area contributed by atoms with E-state index in [0.717, 1.165) is 5.56 Å². The lowest BCUT2D eigenvalue weighted by molar-refractivity contribution is 0.196. The third kappa shape index (κ3) is 2.33. The van der Waals surface area contributed by atoms with Crippen LogP contribution in [0.4, 0.5) is 4.39 Å². The number of hydrogen-bond donors (Lipinski definition) is 1. The molecule has 6 heteroatoms. The first kappa shape index (κ1) is 12.5. The molecule has 0 saturated heterocycles. The summed E-state index contributed by atoms with van der Waals surface area (Å²) >= 11 is 0. The molecular formula is C12H13FN2O3. The molecule has 0 bridgehead atoms. The molecule has 0 atom stereocenters. The Morgan fingerprint density at radius 2 is 2.11 bits per heavy atom. The van der Waals surface area contributed by atoms with Crippen LogP contribution < -0.4 is 9.47 Å². The second-order valence-electron chi connectivity index (χ2n) is 3.73. The zero-order valence-corrected chi connectivity index (χ0v) is 10.1. The Hall–Kier alpha value is -1.95. The molecule has 2 aromatic rings. The third-order valence-corrected chi connectivity index (χ3v) is 2.36. The maximum Gasteiger partial charge on any atom is 0.320 e. The van der Waals surface area contributed by atoms with Crippen LogP contribution in [0.25, 0.3) is 10.9 Å². The molecule has 0 fully saturated rings. The number of aliphatic hydroxyl groups is 1. The molecular weight excluding hydrogens is 239 g/mol. The summed E-state index contributed by atoms with van der Waals surface area (Å²) in [5.41, 5.74) is 0.878. The van der Waals surface area contributed by atoms with Crippen molar-refractivity contribution >= 4 is 10.9 Å². The summed E-state index contributed by atoms with van der Waals surface area (Å²) in [5.74, 6) is -0.256. The summed E-state index contributed by atoms with van der Waals surface area (Å²) in [6.07, 6.45) is 0. The minimum atomic E-state index is -0.459. The van der Waals surface area contributed by atoms with Crippen LogP contribution in [0.1, 0.15) is 5.56 Å². The lowest BCUT2D eigenvalue weighted by atomic mass is 10.1. The number of aryl methyl sites for hydroxylation is 1. The molecule has 1 heterocycles. The largest absolute Gasteiger partial charge is 0.475 e. The summed E-state index contributed by atoms with van der Waals surface area (Å²) in [7, 11) is 1.39. The molecule has 0 aliphatic rings. The molecule has 1 aromatic carbocycles. The van der Waals surface area contributed by atoms with Crippen molar-refractivity contribution in [3.05, 3.63) is 23.5 Å². The Labute approximate surface area is 103 Å². The van der Waals surface area contributed by atoms with Crippen LogP contribution in [0.5, 0.6) is 11.9 Å². The average molecular weight is 252 g/mol. The zero-order valence-electron chi connectivity index (χ0n) is 10.1. The number of hydrogen-bond acceptors (Lipinski definition) is 5. The summed E-state index contributed by atoms with van der Waals surface area (Å²) in [5, 5.41) is 9.22. The molecule has 1 N–H and O–H groups in total. The Morgan fingerprint density at radius 1 is 1.33 bits per heavy atom. The number of fused-ring (bicyclic) bond motifs is 1. The highest BCUT2D eigenvalue weighted by atomic mass is 19.1. The Bertz CT molecular complexity index is 575. The summed E-state index contributed by atoms with van der Waals surface area (Å²) in [6.45, 7) is 1.69. The lowest BCUT2D eigenvalue weighted by Crippen LogP contribution is -2.06. The van der Waals surface area contributed by atoms with Gasteiger partial charge in [-0.1, -0.05) is 0 Å². The molecule has 0 aliphatic heterocycles. The second-order valence-corrected chi connectivity index (χ2v) is 3.73. The first-order chi connectivity index (χ1) is 8.65. The topological polar surface area (TPSA) is 64.5 Å². The van der Waals surface area contributed by atoms with Gasteiger partial charge >= 0.3 is 6.01 Å². The predicted octanol–water partition coefficient (Wildman–Crippen LogP) is 1.46. The lowest BCUT2D eigenvalue weighted by Gasteiger charge is -2.09. The van der Waals surface area contributed by atoms with Crippen molar-refractivity contribution < 1.29 is 19.0 Å². The minimum Gasteiger partial charge on any atom is -0.475 e. The first-order valence-electron chi connectivity index (χ1n) is 5.41. The molecule has 5 nitrogen and oxygen atoms in total. The van der Waals surface area contributed by atoms with E-state index in [1.165, 1.54) is 13.2 Å². The number of aliphatic hydroxyl groups excluding tert-OH is 1. The van der Waals surface area contributed by atoms with Crippen LogP contribution >= 0.6 is 0 Å². The molecule has 0 aliphatic carbocycles. The van der Waals surface area contributed by atoms with E-state index in [2.05, 4.69) is 9.97 Å². The van der Waals surface area contributed by atoms with Gasteiger partial charge in [0.2, 0.25) is 5.88 Å². The highest BCUT2D eigenvalue weighted by molar-refractivity contribution is 5.85. The molecule has 0 saturated carbocycles. The van der Waals surface area contributed by atoms with E-state index in [9.17, 15) is 4.39 Å². The van der Waals surface area contributed by atoms with Gasteiger partial charge in [0, 0.05) is 0 Å². The Balaban J connectivity index is 2.64. The maximum absolute atomic E-state index is 13.8. The van der Waals surface area contributed by atoms with E-state index in [1.54, 1.807) is 13.0 Å². The number of ether oxygens (including phenoxy) is 2. The molecule has 1 aromatic heterocycles. The highest BCUT2D eigenvalue weighted by Gasteiger charge is 2.13. The van der Waals surface area contributed by atoms with Gasteiger partial charge in [-0.25, -0.2) is 4.39 Å². The van der Waals surface area contributed by atoms with E-state index in [4.69, 9.17) is 14.6 Å². The molecule has 0 unspecified atom stereocenters. The van der Waals surface area contributed by atoms with Crippen molar-refractivity contribution in [3.63, 3.8) is 0 Å². The second kappa shape index (κ2) is 5.14. The van der Waals surface area contributed by atoms with Gasteiger partial charge < -0.3 is 14.6 Å². The van der Waals surface area contributed by atoms with Gasteiger partial charge in [0.25, 0.3) is 0 Å². The van der Waals surface area contributed by atoms with Gasteiger partial charge in [0.1, 0.15) is 17.9 Å². The van der Waals surface area contributed by atoms with E-state index in [-0.39, 0.29) is 30.6 Å². The van der Waals surface area contributed by atoms with E-state index in [1.807, 2.05) is 0 Å². The van der Waals surface area contributed by atoms with Gasteiger partial charge in [0.15, 0.2) is 0 Å². The van der Waals surface area contributed by atoms with E-state index < -0.39 is 5.82 Å². The smallest absolute Gasteiger partial charge is 0.320 e. The molecule has 18 heavy (non-hydrogen) atoms. The predicted molar refractivity (Wildman–Crippen MR) is 63.4 cm³/mol. The summed E-state index contributed by atoms with van der Waals surface area (Å²) < 4.78 is 24.0. The van der Waals surface area contributed by atoms with Crippen molar-refractivity contribution in [3.8, 4) is 11.9 Å². The number of rotatable bonds is 4. The van der Waals surface area contributed by atoms with Crippen LogP contribution in [-0.2, 0) is 0 Å². The number of aromatic nitrogens is 2. The fraction of sp³-hybridized carbons (Fsp3) is 0.333. The Morgan fingerprint density at radius 3 is 2.78 bits per heavy atom. The maximum atomic E-state index is 13.8. The molecule has 0 radical (unpaired) electrons. The van der Waals surface area contributed by atoms with Crippen molar-refractivity contribution in [2.24, 2.45) is 0 Å². The van der Waals surface area contributed by atoms with E-state index in [0.29, 0.717) is 5.39 Å².